The lowest BCUT2D eigenvalue weighted by Gasteiger charge is -2.22. The molecule has 1 amide bonds. The number of aromatic nitrogens is 1. The van der Waals surface area contributed by atoms with Crippen LogP contribution in [0.4, 0.5) is 11.5 Å². The van der Waals surface area contributed by atoms with Crippen molar-refractivity contribution in [3.05, 3.63) is 28.8 Å². The highest BCUT2D eigenvalue weighted by molar-refractivity contribution is 5.88. The molecule has 2 aliphatic carbocycles. The molecule has 162 valence electrons. The van der Waals surface area contributed by atoms with Gasteiger partial charge < -0.3 is 15.3 Å². The van der Waals surface area contributed by atoms with Crippen LogP contribution < -0.4 is 10.3 Å². The van der Waals surface area contributed by atoms with E-state index in [1.165, 1.54) is 5.01 Å². The molecule has 2 fully saturated rings. The molecule has 1 aromatic rings. The van der Waals surface area contributed by atoms with Crippen molar-refractivity contribution in [1.29, 1.82) is 0 Å². The normalized spacial score (nSPS) is 24.3. The fourth-order valence-electron chi connectivity index (χ4n) is 4.30. The van der Waals surface area contributed by atoms with E-state index in [1.807, 2.05) is 17.0 Å². The number of likely N-dealkylation sites (tertiary alicyclic amines) is 1. The Morgan fingerprint density at radius 2 is 2.10 bits per heavy atom. The third-order valence-electron chi connectivity index (χ3n) is 6.24. The highest BCUT2D eigenvalue weighted by Gasteiger charge is 2.52. The first kappa shape index (κ1) is 20.8. The van der Waals surface area contributed by atoms with E-state index in [4.69, 9.17) is 4.98 Å². The number of pyridine rings is 1. The van der Waals surface area contributed by atoms with Crippen LogP contribution >= 0.6 is 0 Å². The van der Waals surface area contributed by atoms with E-state index in [0.717, 1.165) is 29.9 Å². The van der Waals surface area contributed by atoms with Crippen LogP contribution in [0.2, 0.25) is 0 Å². The second kappa shape index (κ2) is 7.34. The first-order valence-corrected chi connectivity index (χ1v) is 10.6. The number of nitrogens with one attached hydrogen (secondary N) is 1. The summed E-state index contributed by atoms with van der Waals surface area (Å²) in [5.74, 6) is 1.05. The van der Waals surface area contributed by atoms with Crippen molar-refractivity contribution in [1.82, 2.24) is 9.88 Å². The number of carbonyl (C=O) groups excluding carboxylic acids is 1. The van der Waals surface area contributed by atoms with Gasteiger partial charge in [-0.15, -0.1) is 4.91 Å². The number of aliphatic hydroxyl groups is 1. The van der Waals surface area contributed by atoms with Gasteiger partial charge in [-0.3, -0.25) is 4.79 Å². The minimum absolute atomic E-state index is 0.0888. The first-order chi connectivity index (χ1) is 14.1. The van der Waals surface area contributed by atoms with Gasteiger partial charge in [0.05, 0.1) is 16.7 Å². The largest absolute Gasteiger partial charge is 0.381 e. The number of amides is 1. The Labute approximate surface area is 177 Å². The average Bonchev–Trinajstić information content (AvgIpc) is 3.14. The van der Waals surface area contributed by atoms with Crippen molar-refractivity contribution in [3.8, 4) is 0 Å². The zero-order valence-corrected chi connectivity index (χ0v) is 18.2. The molecule has 2 atom stereocenters. The number of allylic oxidation sites excluding steroid dienone is 1. The number of carbonyl (C=O) groups is 1. The van der Waals surface area contributed by atoms with Gasteiger partial charge >= 0.3 is 0 Å². The van der Waals surface area contributed by atoms with Gasteiger partial charge in [0.2, 0.25) is 0 Å². The van der Waals surface area contributed by atoms with E-state index in [1.54, 1.807) is 7.05 Å². The van der Waals surface area contributed by atoms with Gasteiger partial charge in [-0.05, 0) is 54.2 Å². The molecule has 1 aromatic heterocycles. The van der Waals surface area contributed by atoms with Crippen LogP contribution in [-0.4, -0.2) is 53.2 Å². The summed E-state index contributed by atoms with van der Waals surface area (Å²) in [5, 5.41) is 17.8. The minimum atomic E-state index is -1.09. The number of nitrogens with zero attached hydrogens (tertiary/aromatic N) is 4. The molecule has 8 heteroatoms. The van der Waals surface area contributed by atoms with Crippen molar-refractivity contribution >= 4 is 23.0 Å². The van der Waals surface area contributed by atoms with Crippen molar-refractivity contribution in [2.24, 2.45) is 22.5 Å². The third-order valence-corrected chi connectivity index (χ3v) is 6.24. The molecule has 2 unspecified atom stereocenters. The van der Waals surface area contributed by atoms with Crippen LogP contribution in [-0.2, 0) is 4.79 Å². The molecule has 4 rings (SSSR count). The maximum Gasteiger partial charge on any atom is 0.254 e. The number of fused-ring (bicyclic) bond motifs is 1. The number of hydrogen-bond acceptors (Lipinski definition) is 6. The number of anilines is 2. The quantitative estimate of drug-likeness (QED) is 0.549. The van der Waals surface area contributed by atoms with Crippen molar-refractivity contribution < 1.29 is 9.90 Å². The lowest BCUT2D eigenvalue weighted by molar-refractivity contribution is -0.141. The average molecular weight is 414 g/mol. The van der Waals surface area contributed by atoms with Crippen LogP contribution in [0, 0.1) is 22.2 Å². The second-order valence-electron chi connectivity index (χ2n) is 10.1. The summed E-state index contributed by atoms with van der Waals surface area (Å²) in [5.41, 5.74) is 1.76. The molecule has 0 spiro atoms. The second-order valence-corrected chi connectivity index (χ2v) is 10.1. The molecular formula is C22H31N5O3. The standard InChI is InChI=1S/C22H31N5O3/c1-21(2,3)13-23-18-6-5-17(24-19(18)26(4)25-30)14-9-15-11-27(12-16(15)10-14)20(28)22(29)7-8-22/h5-6,9,15-16,23,29H,7-8,10-13H2,1-4H3. The van der Waals surface area contributed by atoms with Crippen molar-refractivity contribution in [3.63, 3.8) is 0 Å². The predicted molar refractivity (Wildman–Crippen MR) is 117 cm³/mol. The van der Waals surface area contributed by atoms with Crippen LogP contribution in [0.1, 0.15) is 45.7 Å². The lowest BCUT2D eigenvalue weighted by atomic mass is 9.97. The van der Waals surface area contributed by atoms with E-state index in [-0.39, 0.29) is 17.2 Å². The number of nitroso groups, excluding NO2 is 1. The summed E-state index contributed by atoms with van der Waals surface area (Å²) in [6.07, 6.45) is 4.21. The molecule has 1 aliphatic heterocycles. The topological polar surface area (TPSA) is 98.1 Å². The van der Waals surface area contributed by atoms with Gasteiger partial charge in [-0.25, -0.2) is 9.99 Å². The van der Waals surface area contributed by atoms with Gasteiger partial charge in [0.25, 0.3) is 5.91 Å². The Morgan fingerprint density at radius 3 is 2.70 bits per heavy atom. The predicted octanol–water partition coefficient (Wildman–Crippen LogP) is 3.04. The molecule has 1 saturated carbocycles. The van der Waals surface area contributed by atoms with E-state index in [9.17, 15) is 14.8 Å². The first-order valence-electron chi connectivity index (χ1n) is 10.6. The highest BCUT2D eigenvalue weighted by atomic mass is 16.3. The van der Waals surface area contributed by atoms with E-state index in [2.05, 4.69) is 37.4 Å². The van der Waals surface area contributed by atoms with E-state index < -0.39 is 5.60 Å². The third kappa shape index (κ3) is 4.05. The van der Waals surface area contributed by atoms with Crippen LogP contribution in [0.15, 0.2) is 23.5 Å². The molecule has 0 bridgehead atoms. The summed E-state index contributed by atoms with van der Waals surface area (Å²) >= 11 is 0. The summed E-state index contributed by atoms with van der Waals surface area (Å²) in [7, 11) is 1.60. The molecule has 30 heavy (non-hydrogen) atoms. The van der Waals surface area contributed by atoms with Gasteiger partial charge in [-0.2, -0.15) is 0 Å². The number of hydrogen-bond donors (Lipinski definition) is 2. The zero-order valence-electron chi connectivity index (χ0n) is 18.2. The lowest BCUT2D eigenvalue weighted by Crippen LogP contribution is -2.39. The Bertz CT molecular complexity index is 887. The summed E-state index contributed by atoms with van der Waals surface area (Å²) in [4.78, 5) is 30.2. The van der Waals surface area contributed by atoms with Gasteiger partial charge in [0.15, 0.2) is 5.82 Å². The van der Waals surface area contributed by atoms with Gasteiger partial charge in [0, 0.05) is 26.7 Å². The maximum absolute atomic E-state index is 12.4. The minimum Gasteiger partial charge on any atom is -0.381 e. The van der Waals surface area contributed by atoms with Gasteiger partial charge in [0.1, 0.15) is 5.60 Å². The van der Waals surface area contributed by atoms with Gasteiger partial charge in [-0.1, -0.05) is 26.8 Å². The molecular weight excluding hydrogens is 382 g/mol. The summed E-state index contributed by atoms with van der Waals surface area (Å²) in [6.45, 7) is 8.50. The molecule has 2 N–H and O–H groups in total. The molecule has 2 heterocycles. The van der Waals surface area contributed by atoms with Crippen LogP contribution in [0.3, 0.4) is 0 Å². The van der Waals surface area contributed by atoms with E-state index in [0.29, 0.717) is 37.7 Å². The van der Waals surface area contributed by atoms with E-state index >= 15 is 0 Å². The fraction of sp³-hybridized carbons (Fsp3) is 0.636. The molecule has 3 aliphatic rings. The Hall–Kier alpha value is -2.48. The summed E-state index contributed by atoms with van der Waals surface area (Å²) < 4.78 is 0. The Balaban J connectivity index is 1.50. The van der Waals surface area contributed by atoms with Crippen LogP contribution in [0.25, 0.3) is 5.57 Å². The smallest absolute Gasteiger partial charge is 0.254 e. The molecule has 0 aromatic carbocycles. The fourth-order valence-corrected chi connectivity index (χ4v) is 4.30. The maximum atomic E-state index is 12.4. The zero-order chi connectivity index (χ0) is 21.7. The SMILES string of the molecule is CN(N=O)c1nc(C2=CC3CN(C(=O)C4(O)CC4)CC3C2)ccc1NCC(C)(C)C. The van der Waals surface area contributed by atoms with Crippen molar-refractivity contribution in [2.45, 2.75) is 45.6 Å². The Kier molecular flexibility index (Phi) is 5.08. The Morgan fingerprint density at radius 1 is 1.37 bits per heavy atom. The van der Waals surface area contributed by atoms with Crippen molar-refractivity contribution in [2.75, 3.05) is 37.0 Å². The monoisotopic (exact) mass is 413 g/mol. The molecule has 1 saturated heterocycles. The number of rotatable bonds is 6. The summed E-state index contributed by atoms with van der Waals surface area (Å²) in [6, 6.07) is 3.94. The molecule has 0 radical (unpaired) electrons. The molecule has 8 nitrogen and oxygen atoms in total. The highest BCUT2D eigenvalue weighted by Crippen LogP contribution is 2.44. The van der Waals surface area contributed by atoms with Crippen LogP contribution in [0.5, 0.6) is 0 Å².